The van der Waals surface area contributed by atoms with Crippen LogP contribution in [0.5, 0.6) is 11.5 Å². The molecule has 1 aliphatic rings. The molecule has 1 aromatic heterocycles. The second-order valence-corrected chi connectivity index (χ2v) is 8.40. The van der Waals surface area contributed by atoms with E-state index in [4.69, 9.17) is 9.47 Å². The molecule has 2 heterocycles. The number of amides is 1. The number of thiazole rings is 1. The first-order valence-electron chi connectivity index (χ1n) is 9.97. The number of hydrogen-bond acceptors (Lipinski definition) is 6. The number of para-hydroxylation sites is 1. The average Bonchev–Trinajstić information content (AvgIpc) is 3.23. The number of rotatable bonds is 6. The molecule has 7 heteroatoms. The predicted octanol–water partition coefficient (Wildman–Crippen LogP) is 3.98. The van der Waals surface area contributed by atoms with Gasteiger partial charge in [-0.1, -0.05) is 18.2 Å². The Hall–Kier alpha value is -2.93. The molecule has 0 aliphatic carbocycles. The lowest BCUT2D eigenvalue weighted by molar-refractivity contribution is -0.131. The SMILES string of the molecule is COc1ccc(CC(=O)N2CCC(C(=O)c3nc4ccccc4s3)CC2)cc1OC. The van der Waals surface area contributed by atoms with Crippen LogP contribution in [0.1, 0.15) is 28.2 Å². The van der Waals surface area contributed by atoms with Gasteiger partial charge < -0.3 is 14.4 Å². The van der Waals surface area contributed by atoms with Crippen LogP contribution in [0, 0.1) is 5.92 Å². The molecule has 0 spiro atoms. The van der Waals surface area contributed by atoms with E-state index in [1.54, 1.807) is 14.2 Å². The molecule has 2 aromatic carbocycles. The van der Waals surface area contributed by atoms with Crippen molar-refractivity contribution in [2.75, 3.05) is 27.3 Å². The zero-order valence-corrected chi connectivity index (χ0v) is 17.9. The van der Waals surface area contributed by atoms with Gasteiger partial charge in [-0.15, -0.1) is 11.3 Å². The van der Waals surface area contributed by atoms with Gasteiger partial charge in [0.2, 0.25) is 5.91 Å². The van der Waals surface area contributed by atoms with E-state index in [9.17, 15) is 9.59 Å². The molecule has 0 saturated carbocycles. The average molecular weight is 425 g/mol. The maximum atomic E-state index is 12.9. The third kappa shape index (κ3) is 4.16. The summed E-state index contributed by atoms with van der Waals surface area (Å²) < 4.78 is 11.6. The first-order chi connectivity index (χ1) is 14.6. The number of hydrogen-bond donors (Lipinski definition) is 0. The van der Waals surface area contributed by atoms with Crippen LogP contribution in [0.2, 0.25) is 0 Å². The van der Waals surface area contributed by atoms with E-state index in [0.29, 0.717) is 48.9 Å². The Labute approximate surface area is 179 Å². The maximum Gasteiger partial charge on any atom is 0.226 e. The van der Waals surface area contributed by atoms with Crippen LogP contribution < -0.4 is 9.47 Å². The van der Waals surface area contributed by atoms with E-state index < -0.39 is 0 Å². The number of piperidine rings is 1. The summed E-state index contributed by atoms with van der Waals surface area (Å²) in [6.45, 7) is 1.18. The van der Waals surface area contributed by atoms with Gasteiger partial charge in [-0.05, 0) is 42.7 Å². The predicted molar refractivity (Wildman–Crippen MR) is 117 cm³/mol. The van der Waals surface area contributed by atoms with Crippen LogP contribution in [0.3, 0.4) is 0 Å². The van der Waals surface area contributed by atoms with Gasteiger partial charge in [-0.2, -0.15) is 0 Å². The van der Waals surface area contributed by atoms with E-state index in [1.807, 2.05) is 47.4 Å². The van der Waals surface area contributed by atoms with E-state index in [-0.39, 0.29) is 17.6 Å². The van der Waals surface area contributed by atoms with Crippen molar-refractivity contribution in [2.24, 2.45) is 5.92 Å². The Bertz CT molecular complexity index is 1040. The fraction of sp³-hybridized carbons (Fsp3) is 0.348. The number of methoxy groups -OCH3 is 2. The molecule has 0 atom stereocenters. The summed E-state index contributed by atoms with van der Waals surface area (Å²) in [6.07, 6.45) is 1.65. The van der Waals surface area contributed by atoms with Crippen molar-refractivity contribution in [3.63, 3.8) is 0 Å². The molecule has 1 fully saturated rings. The molecule has 3 aromatic rings. The molecule has 0 N–H and O–H groups in total. The lowest BCUT2D eigenvalue weighted by Gasteiger charge is -2.31. The first-order valence-corrected chi connectivity index (χ1v) is 10.8. The Morgan fingerprint density at radius 2 is 1.80 bits per heavy atom. The molecule has 1 amide bonds. The second kappa shape index (κ2) is 8.83. The lowest BCUT2D eigenvalue weighted by Crippen LogP contribution is -2.41. The molecular formula is C23H24N2O4S. The number of nitrogens with zero attached hydrogens (tertiary/aromatic N) is 2. The number of carbonyl (C=O) groups is 2. The smallest absolute Gasteiger partial charge is 0.226 e. The summed E-state index contributed by atoms with van der Waals surface area (Å²) in [5, 5.41) is 0.575. The number of fused-ring (bicyclic) bond motifs is 1. The normalized spacial score (nSPS) is 14.7. The molecular weight excluding hydrogens is 400 g/mol. The highest BCUT2D eigenvalue weighted by atomic mass is 32.1. The molecule has 1 aliphatic heterocycles. The fourth-order valence-electron chi connectivity index (χ4n) is 3.82. The van der Waals surface area contributed by atoms with Crippen LogP contribution >= 0.6 is 11.3 Å². The summed E-state index contributed by atoms with van der Waals surface area (Å²) in [5.74, 6) is 1.35. The first kappa shape index (κ1) is 20.3. The highest BCUT2D eigenvalue weighted by Crippen LogP contribution is 2.29. The molecule has 0 radical (unpaired) electrons. The third-order valence-corrected chi connectivity index (χ3v) is 6.58. The minimum absolute atomic E-state index is 0.0631. The highest BCUT2D eigenvalue weighted by molar-refractivity contribution is 7.20. The van der Waals surface area contributed by atoms with Gasteiger partial charge in [-0.3, -0.25) is 9.59 Å². The van der Waals surface area contributed by atoms with Gasteiger partial charge in [0.1, 0.15) is 0 Å². The van der Waals surface area contributed by atoms with Crippen molar-refractivity contribution in [1.29, 1.82) is 0 Å². The minimum atomic E-state index is -0.0734. The van der Waals surface area contributed by atoms with Gasteiger partial charge in [0.05, 0.1) is 30.9 Å². The van der Waals surface area contributed by atoms with Crippen molar-refractivity contribution in [2.45, 2.75) is 19.3 Å². The van der Waals surface area contributed by atoms with Gasteiger partial charge in [0, 0.05) is 19.0 Å². The number of benzene rings is 2. The molecule has 1 saturated heterocycles. The van der Waals surface area contributed by atoms with E-state index in [2.05, 4.69) is 4.98 Å². The number of Topliss-reactive ketones (excluding diaryl/α,β-unsaturated/α-hetero) is 1. The molecule has 30 heavy (non-hydrogen) atoms. The van der Waals surface area contributed by atoms with E-state index in [1.165, 1.54) is 11.3 Å². The summed E-state index contributed by atoms with van der Waals surface area (Å²) in [4.78, 5) is 32.0. The lowest BCUT2D eigenvalue weighted by atomic mass is 9.92. The Morgan fingerprint density at radius 3 is 2.50 bits per heavy atom. The van der Waals surface area contributed by atoms with Gasteiger partial charge in [0.25, 0.3) is 0 Å². The van der Waals surface area contributed by atoms with Crippen molar-refractivity contribution in [3.8, 4) is 11.5 Å². The number of likely N-dealkylation sites (tertiary alicyclic amines) is 1. The Morgan fingerprint density at radius 1 is 1.07 bits per heavy atom. The molecule has 6 nitrogen and oxygen atoms in total. The van der Waals surface area contributed by atoms with Crippen LogP contribution in [0.15, 0.2) is 42.5 Å². The topological polar surface area (TPSA) is 68.7 Å². The minimum Gasteiger partial charge on any atom is -0.493 e. The van der Waals surface area contributed by atoms with Crippen LogP contribution in [0.25, 0.3) is 10.2 Å². The van der Waals surface area contributed by atoms with Gasteiger partial charge >= 0.3 is 0 Å². The number of ether oxygens (including phenoxy) is 2. The molecule has 156 valence electrons. The van der Waals surface area contributed by atoms with Crippen molar-refractivity contribution in [3.05, 3.63) is 53.0 Å². The zero-order chi connectivity index (χ0) is 21.1. The number of aromatic nitrogens is 1. The van der Waals surface area contributed by atoms with Crippen LogP contribution in [-0.2, 0) is 11.2 Å². The second-order valence-electron chi connectivity index (χ2n) is 7.37. The van der Waals surface area contributed by atoms with E-state index in [0.717, 1.165) is 15.8 Å². The molecule has 0 unspecified atom stereocenters. The van der Waals surface area contributed by atoms with Crippen molar-refractivity contribution < 1.29 is 19.1 Å². The van der Waals surface area contributed by atoms with E-state index >= 15 is 0 Å². The van der Waals surface area contributed by atoms with Crippen molar-refractivity contribution >= 4 is 33.2 Å². The standard InChI is InChI=1S/C23H24N2O4S/c1-28-18-8-7-15(13-19(18)29-2)14-21(26)25-11-9-16(10-12-25)22(27)23-24-17-5-3-4-6-20(17)30-23/h3-8,13,16H,9-12,14H2,1-2H3. The Kier molecular flexibility index (Phi) is 5.99. The van der Waals surface area contributed by atoms with Crippen LogP contribution in [0.4, 0.5) is 0 Å². The maximum absolute atomic E-state index is 12.9. The largest absolute Gasteiger partial charge is 0.493 e. The number of ketones is 1. The summed E-state index contributed by atoms with van der Waals surface area (Å²) in [6, 6.07) is 13.3. The molecule has 0 bridgehead atoms. The highest BCUT2D eigenvalue weighted by Gasteiger charge is 2.29. The summed E-state index contributed by atoms with van der Waals surface area (Å²) in [5.41, 5.74) is 1.75. The van der Waals surface area contributed by atoms with Gasteiger partial charge in [-0.25, -0.2) is 4.98 Å². The summed E-state index contributed by atoms with van der Waals surface area (Å²) >= 11 is 1.45. The number of carbonyl (C=O) groups excluding carboxylic acids is 2. The van der Waals surface area contributed by atoms with Crippen molar-refractivity contribution in [1.82, 2.24) is 9.88 Å². The monoisotopic (exact) mass is 424 g/mol. The summed E-state index contributed by atoms with van der Waals surface area (Å²) in [7, 11) is 3.17. The molecule has 4 rings (SSSR count). The quantitative estimate of drug-likeness (QED) is 0.560. The third-order valence-electron chi connectivity index (χ3n) is 5.53. The fourth-order valence-corrected chi connectivity index (χ4v) is 4.80. The van der Waals surface area contributed by atoms with Gasteiger partial charge in [0.15, 0.2) is 22.3 Å². The van der Waals surface area contributed by atoms with Crippen LogP contribution in [-0.4, -0.2) is 48.9 Å². The Balaban J connectivity index is 1.35. The zero-order valence-electron chi connectivity index (χ0n) is 17.1.